The van der Waals surface area contributed by atoms with Crippen molar-refractivity contribution in [3.05, 3.63) is 455 Å². The van der Waals surface area contributed by atoms with Crippen molar-refractivity contribution in [3.8, 4) is 45.3 Å². The number of benzene rings is 9. The van der Waals surface area contributed by atoms with E-state index in [1.807, 2.05) is 53.7 Å². The molecule has 134 heavy (non-hydrogen) atoms. The monoisotopic (exact) mass is 1860 g/mol. The molecule has 4 aromatic heterocycles. The summed E-state index contributed by atoms with van der Waals surface area (Å²) in [4.78, 5) is 64.4. The first-order valence-electron chi connectivity index (χ1n) is 41.3. The summed E-state index contributed by atoms with van der Waals surface area (Å²) in [6, 6.07) is 74.5. The fourth-order valence-electron chi connectivity index (χ4n) is 13.8. The molecule has 18 rings (SSSR count). The Bertz CT molecular complexity index is 7180. The van der Waals surface area contributed by atoms with Crippen LogP contribution in [0.15, 0.2) is 424 Å². The van der Waals surface area contributed by atoms with Crippen molar-refractivity contribution < 1.29 is 66.3 Å². The van der Waals surface area contributed by atoms with E-state index in [1.165, 1.54) is 137 Å². The molecule has 1 atom stereocenters. The number of halogens is 5. The van der Waals surface area contributed by atoms with Gasteiger partial charge in [0.1, 0.15) is 23.1 Å². The van der Waals surface area contributed by atoms with Gasteiger partial charge in [0.15, 0.2) is 0 Å². The Morgan fingerprint density at radius 1 is 0.440 bits per heavy atom. The minimum Gasteiger partial charge on any atom is -0.755 e. The van der Waals surface area contributed by atoms with Crippen molar-refractivity contribution >= 4 is 88.4 Å². The third kappa shape index (κ3) is 26.8. The number of anilines is 6. The zero-order valence-corrected chi connectivity index (χ0v) is 74.3. The molecular formula is C102H87F5N11O13S3-. The summed E-state index contributed by atoms with van der Waals surface area (Å²) >= 11 is -2.40. The van der Waals surface area contributed by atoms with Crippen molar-refractivity contribution in [2.45, 2.75) is 61.6 Å². The van der Waals surface area contributed by atoms with Gasteiger partial charge < -0.3 is 43.8 Å². The highest BCUT2D eigenvalue weighted by molar-refractivity contribution is 7.89. The smallest absolute Gasteiger partial charge is 0.573 e. The summed E-state index contributed by atoms with van der Waals surface area (Å²) in [5.41, 5.74) is 16.4. The second-order valence-corrected chi connectivity index (χ2v) is 34.5. The van der Waals surface area contributed by atoms with E-state index in [0.29, 0.717) is 57.2 Å². The van der Waals surface area contributed by atoms with Gasteiger partial charge in [-0.1, -0.05) is 111 Å². The average Bonchev–Trinajstić information content (AvgIpc) is 1.18. The number of alkyl halides is 3. The molecule has 682 valence electrons. The molecule has 0 bridgehead atoms. The molecule has 24 nitrogen and oxygen atoms in total. The van der Waals surface area contributed by atoms with E-state index in [4.69, 9.17) is 14.7 Å². The van der Waals surface area contributed by atoms with E-state index in [0.717, 1.165) is 80.4 Å². The molecule has 2 saturated carbocycles. The predicted molar refractivity (Wildman–Crippen MR) is 513 cm³/mol. The molecule has 32 heteroatoms. The number of furan rings is 1. The van der Waals surface area contributed by atoms with Gasteiger partial charge in [0.05, 0.1) is 27.4 Å². The zero-order chi connectivity index (χ0) is 95.5. The predicted octanol–water partition coefficient (Wildman–Crippen LogP) is 20.0. The van der Waals surface area contributed by atoms with Crippen LogP contribution in [-0.2, 0) is 40.9 Å². The maximum atomic E-state index is 13.1. The second kappa shape index (κ2) is 42.9. The number of rotatable bonds is 19. The molecular weight excluding hydrogens is 1780 g/mol. The molecule has 9 aromatic carbocycles. The van der Waals surface area contributed by atoms with Crippen LogP contribution in [0, 0.1) is 17.6 Å². The number of sulfonamides is 2. The Labute approximate surface area is 771 Å². The highest BCUT2D eigenvalue weighted by Crippen LogP contribution is 2.42. The lowest BCUT2D eigenvalue weighted by atomic mass is 10.0. The van der Waals surface area contributed by atoms with Gasteiger partial charge in [-0.3, -0.25) is 41.9 Å². The van der Waals surface area contributed by atoms with E-state index < -0.39 is 37.7 Å². The molecule has 1 unspecified atom stereocenters. The standard InChI is InChI=1S/C19H15F3N2O3S.C19H15FN2O2.C18H15FN2O2S.C17H14N2O3.C15H15N.C14H14N2O3S/c1-13-2-3-15(14-4-6-16(7-5-14)23-28(25)26)12-24(13)17-8-10-18(11-9-17)27-19(20,21)22;1-13(23)21-17-3-2-4-18(11-17)22-12-15(7-10-19(22)24)14-5-8-16(20)9-6-14;1-13-2-3-15(14-4-6-16(19)7-5-14)12-21(13)17-8-10-18(11-9-17)24(20,22)23;1-12(20)18-14-4-2-5-15(10-14)19-11-13(7-8-17(19)21)16-6-3-9-22-16;1-12-7-8-14(13-9-10-13)11-16(12)15-5-3-2-4-6-15;15-20(18,19)13-6-4-12(5-7-13)16-9-11(10-1-2-10)3-8-14(16)17/h2-12,23H,1H2,(H,25,26);2-12H,1H3,(H,21,23);2-12H,1H2,(H2,20,22,23);2-11H,1H3,(H,18,20);2-8,11,13H,1,9-10H2;3-10H,1-2H2,(H2,15,18,19)/p-1. The molecule has 2 aliphatic carbocycles. The number of carbonyl (C=O) groups is 2. The second-order valence-electron chi connectivity index (χ2n) is 30.7. The van der Waals surface area contributed by atoms with Crippen LogP contribution >= 0.6 is 0 Å². The number of nitrogens with one attached hydrogen (secondary N) is 3. The molecule has 7 N–H and O–H groups in total. The van der Waals surface area contributed by atoms with Gasteiger partial charge >= 0.3 is 6.36 Å². The van der Waals surface area contributed by atoms with Gasteiger partial charge in [-0.15, -0.1) is 13.2 Å². The van der Waals surface area contributed by atoms with Crippen molar-refractivity contribution in [1.82, 2.24) is 13.7 Å². The molecule has 7 heterocycles. The number of amides is 2. The lowest BCUT2D eigenvalue weighted by Crippen LogP contribution is -2.18. The van der Waals surface area contributed by atoms with Crippen LogP contribution < -0.4 is 61.7 Å². The normalized spacial score (nSPS) is 14.0. The van der Waals surface area contributed by atoms with E-state index in [9.17, 15) is 71.5 Å². The first-order valence-corrected chi connectivity index (χ1v) is 45.5. The van der Waals surface area contributed by atoms with Gasteiger partial charge in [-0.2, -0.15) is 0 Å². The Morgan fingerprint density at radius 3 is 1.31 bits per heavy atom. The van der Waals surface area contributed by atoms with E-state index in [1.54, 1.807) is 181 Å². The fourth-order valence-corrected chi connectivity index (χ4v) is 15.2. The van der Waals surface area contributed by atoms with Gasteiger partial charge in [0.2, 0.25) is 31.9 Å². The maximum absolute atomic E-state index is 13.1. The van der Waals surface area contributed by atoms with Gasteiger partial charge in [-0.05, 0) is 282 Å². The molecule has 5 aliphatic rings. The quantitative estimate of drug-likeness (QED) is 0.0371. The summed E-state index contributed by atoms with van der Waals surface area (Å²) in [5, 5.41) is 15.6. The molecule has 0 spiro atoms. The van der Waals surface area contributed by atoms with E-state index in [-0.39, 0.29) is 55.7 Å². The SMILES string of the molecule is C=C1C=CC(C2CC2)=CN1c1ccccc1.C=C1C=CC(c2ccc(F)cc2)=CN1c1ccc(S(N)(=O)=O)cc1.C=C1C=CC(c2ccc(NS(=O)[O-])cc2)=CN1c1ccc(OC(F)(F)F)cc1.CC(=O)Nc1cccc(-n2cc(-c3ccc(F)cc3)ccc2=O)c1.CC(=O)Nc1cccc(-n2cc(-c3ccco3)ccc2=O)c1.NS(=O)(=O)c1ccc(-n2cc(C3CC3)ccc2=O)cc1. The molecule has 2 amide bonds. The minimum absolute atomic E-state index is 0.0349. The first-order chi connectivity index (χ1) is 64.0. The Balaban J connectivity index is 0.000000137. The molecule has 3 aliphatic heterocycles. The fraction of sp³-hybridized carbons (Fsp3) is 0.0882. The van der Waals surface area contributed by atoms with Crippen LogP contribution in [-0.4, -0.2) is 57.5 Å². The molecule has 2 fully saturated rings. The highest BCUT2D eigenvalue weighted by atomic mass is 32.2. The van der Waals surface area contributed by atoms with Crippen molar-refractivity contribution in [2.75, 3.05) is 30.1 Å². The van der Waals surface area contributed by atoms with Gasteiger partial charge in [0, 0.05) is 143 Å². The third-order valence-electron chi connectivity index (χ3n) is 20.7. The first kappa shape index (κ1) is 95.9. The maximum Gasteiger partial charge on any atom is 0.573 e. The zero-order valence-electron chi connectivity index (χ0n) is 71.9. The number of nitrogens with zero attached hydrogens (tertiary/aromatic N) is 6. The third-order valence-corrected chi connectivity index (χ3v) is 23.0. The van der Waals surface area contributed by atoms with Gasteiger partial charge in [0.25, 0.3) is 16.7 Å². The van der Waals surface area contributed by atoms with Crippen molar-refractivity contribution in [3.63, 3.8) is 0 Å². The highest BCUT2D eigenvalue weighted by Gasteiger charge is 2.32. The molecule has 13 aromatic rings. The van der Waals surface area contributed by atoms with E-state index in [2.05, 4.69) is 87.3 Å². The molecule has 0 saturated heterocycles. The van der Waals surface area contributed by atoms with Crippen molar-refractivity contribution in [1.29, 1.82) is 0 Å². The summed E-state index contributed by atoms with van der Waals surface area (Å²) in [6.45, 7) is 14.9. The van der Waals surface area contributed by atoms with Gasteiger partial charge in [-0.25, -0.2) is 35.9 Å². The number of hydrogen-bond donors (Lipinski definition) is 5. The average molecular weight is 1870 g/mol. The van der Waals surface area contributed by atoms with Crippen LogP contribution in [0.4, 0.5) is 56.1 Å². The lowest BCUT2D eigenvalue weighted by molar-refractivity contribution is -0.274. The van der Waals surface area contributed by atoms with Crippen molar-refractivity contribution in [2.24, 2.45) is 16.2 Å². The summed E-state index contributed by atoms with van der Waals surface area (Å²) in [6.07, 6.45) is 24.6. The Morgan fingerprint density at radius 2 is 0.851 bits per heavy atom. The summed E-state index contributed by atoms with van der Waals surface area (Å²) in [5.74, 6) is 0.771. The van der Waals surface area contributed by atoms with Crippen LogP contribution in [0.1, 0.15) is 62.1 Å². The minimum atomic E-state index is -4.74. The van der Waals surface area contributed by atoms with E-state index >= 15 is 0 Å². The topological polar surface area (TPSA) is 329 Å². The number of allylic oxidation sites excluding steroid dienone is 9. The molecule has 0 radical (unpaired) electrons. The Kier molecular flexibility index (Phi) is 30.7. The number of aromatic nitrogens is 3. The van der Waals surface area contributed by atoms with Crippen LogP contribution in [0.3, 0.4) is 0 Å². The van der Waals surface area contributed by atoms with Crippen LogP contribution in [0.25, 0.3) is 50.7 Å². The number of nitrogens with two attached hydrogens (primary N) is 2. The largest absolute Gasteiger partial charge is 0.755 e. The van der Waals surface area contributed by atoms with Crippen LogP contribution in [0.5, 0.6) is 5.75 Å². The number of carbonyl (C=O) groups excluding carboxylic acids is 2. The number of para-hydroxylation sites is 1. The van der Waals surface area contributed by atoms with Crippen LogP contribution in [0.2, 0.25) is 0 Å². The number of primary sulfonamides is 2. The summed E-state index contributed by atoms with van der Waals surface area (Å²) < 4.78 is 145. The number of pyridine rings is 3. The number of ether oxygens (including phenoxy) is 1. The summed E-state index contributed by atoms with van der Waals surface area (Å²) in [7, 11) is -7.44. The number of hydrogen-bond acceptors (Lipinski definition) is 16. The Hall–Kier alpha value is -15.7. The lowest BCUT2D eigenvalue weighted by Gasteiger charge is -2.26.